The van der Waals surface area contributed by atoms with Gasteiger partial charge in [0.2, 0.25) is 0 Å². The number of aliphatic carboxylic acids is 1. The van der Waals surface area contributed by atoms with E-state index < -0.39 is 36.6 Å². The summed E-state index contributed by atoms with van der Waals surface area (Å²) in [5, 5.41) is 27.7. The van der Waals surface area contributed by atoms with Crippen molar-refractivity contribution in [2.75, 3.05) is 23.9 Å². The minimum absolute atomic E-state index is 0. The second-order valence-corrected chi connectivity index (χ2v) is 39.8. The first-order chi connectivity index (χ1) is 44.1. The van der Waals surface area contributed by atoms with Gasteiger partial charge in [-0.3, -0.25) is 39.3 Å². The Labute approximate surface area is 596 Å². The molecule has 0 amide bonds. The minimum atomic E-state index is -2.24. The number of aliphatic hydroxyl groups is 2. The first kappa shape index (κ1) is 93.1. The topological polar surface area (TPSA) is 234 Å². The van der Waals surface area contributed by atoms with Gasteiger partial charge in [0.25, 0.3) is 5.97 Å². The van der Waals surface area contributed by atoms with Crippen LogP contribution in [0.2, 0.25) is 13.3 Å². The molecule has 0 aliphatic heterocycles. The van der Waals surface area contributed by atoms with E-state index in [1.807, 2.05) is 142 Å². The van der Waals surface area contributed by atoms with Gasteiger partial charge in [-0.2, -0.15) is 0 Å². The van der Waals surface area contributed by atoms with E-state index in [1.165, 1.54) is 68.1 Å². The number of carboxylic acid groups (broad SMARTS) is 1. The van der Waals surface area contributed by atoms with Gasteiger partial charge in [-0.05, 0) is 173 Å². The number of unbranched alkanes of at least 4 members (excludes halogenated alkanes) is 3. The van der Waals surface area contributed by atoms with Crippen LogP contribution in [0.5, 0.6) is 0 Å². The van der Waals surface area contributed by atoms with Gasteiger partial charge in [0.15, 0.2) is 11.6 Å². The van der Waals surface area contributed by atoms with Gasteiger partial charge < -0.3 is 25.8 Å². The van der Waals surface area contributed by atoms with E-state index in [0.29, 0.717) is 34.4 Å². The predicted molar refractivity (Wildman–Crippen MR) is 406 cm³/mol. The Bertz CT molecular complexity index is 2990. The Hall–Kier alpha value is -5.09. The number of carbonyl (C=O) groups excluding carboxylic acids is 2. The Morgan fingerprint density at radius 3 is 1.18 bits per heavy atom. The number of Topliss-reactive ketones (excluding diaryl/α,β-unsaturated/α-hetero) is 2. The molecule has 6 aromatic rings. The van der Waals surface area contributed by atoms with Crippen LogP contribution >= 0.6 is 47.8 Å². The third kappa shape index (κ3) is 46.1. The molecule has 0 fully saturated rings. The molecule has 6 heterocycles. The summed E-state index contributed by atoms with van der Waals surface area (Å²) in [4.78, 5) is 55.3. The summed E-state index contributed by atoms with van der Waals surface area (Å²) in [6.45, 7) is 47.3. The number of ketones is 2. The number of nitrogens with zero attached hydrogens (tertiary/aromatic N) is 6. The van der Waals surface area contributed by atoms with E-state index in [0.717, 1.165) is 75.9 Å². The Kier molecular flexibility index (Phi) is 53.5. The van der Waals surface area contributed by atoms with Gasteiger partial charge in [0.05, 0.1) is 29.4 Å². The third-order valence-electron chi connectivity index (χ3n) is 13.3. The smallest absolute Gasteiger partial charge is 0.300 e. The second-order valence-electron chi connectivity index (χ2n) is 24.6. The molecule has 524 valence electrons. The monoisotopic (exact) mass is 1600 g/mol. The maximum atomic E-state index is 11.1. The van der Waals surface area contributed by atoms with Gasteiger partial charge in [0, 0.05) is 61.9 Å². The van der Waals surface area contributed by atoms with Crippen LogP contribution in [0, 0.1) is 47.0 Å². The van der Waals surface area contributed by atoms with Crippen molar-refractivity contribution in [3.63, 3.8) is 0 Å². The largest absolute Gasteiger partial charge is 0.481 e. The van der Waals surface area contributed by atoms with Crippen molar-refractivity contribution < 1.29 is 39.2 Å². The number of halogens is 3. The molecule has 0 unspecified atom stereocenters. The molecule has 94 heavy (non-hydrogen) atoms. The summed E-state index contributed by atoms with van der Waals surface area (Å²) in [6.07, 6.45) is 19.2. The number of nitrogens with two attached hydrogens (primary N) is 1. The molecule has 6 rings (SSSR count). The average Bonchev–Trinajstić information content (AvgIpc) is 1.12. The third-order valence-corrected chi connectivity index (χ3v) is 30.2. The molecule has 0 saturated heterocycles. The van der Waals surface area contributed by atoms with E-state index >= 15 is 0 Å². The SMILES string of the molecule is C=C(OCC)c1ncccc1C.C=[C](OCC)[Sn]([CH2]CCC)([CH2]CCC)[CH2]CCC.CC(=O)O.CC(=O)c1ncccc1C.CC(C)(C)N.Cc1cccnc1Br.Cc1cccnc1C(=O)CBr.Cc1cccnc1[C@@H](O)CBr.Cc1cccnc1[C@@H](O)CCC(C)(C)C. The van der Waals surface area contributed by atoms with Crippen molar-refractivity contribution in [2.24, 2.45) is 11.1 Å². The fourth-order valence-corrected chi connectivity index (χ4v) is 23.8. The number of aromatic nitrogens is 6. The molecule has 0 aliphatic carbocycles. The number of alkyl halides is 2. The van der Waals surface area contributed by atoms with Crippen molar-refractivity contribution in [1.82, 2.24) is 29.9 Å². The Morgan fingerprint density at radius 2 is 0.894 bits per heavy atom. The van der Waals surface area contributed by atoms with Gasteiger partial charge in [-0.25, -0.2) is 4.98 Å². The van der Waals surface area contributed by atoms with Crippen molar-refractivity contribution in [1.29, 1.82) is 0 Å². The Morgan fingerprint density at radius 1 is 0.553 bits per heavy atom. The number of aliphatic hydroxyl groups excluding tert-OH is 2. The molecule has 0 bridgehead atoms. The van der Waals surface area contributed by atoms with Crippen LogP contribution < -0.4 is 5.73 Å². The van der Waals surface area contributed by atoms with E-state index in [1.54, 1.807) is 37.2 Å². The van der Waals surface area contributed by atoms with Gasteiger partial charge in [0.1, 0.15) is 33.5 Å². The standard InChI is InChI=1S/C13H21NO.C10H13NO.C8H10BrNO.C8H8BrNO.C8H9NO.C6H6BrN.C4H11N.C4H7O.3C4H9.C2H4O2.Sn/c1-10-6-5-9-14-12(10)11(15)7-8-13(2,3)4;1-4-12-9(3)10-8(2)6-5-7-11-10;2*1-6-3-2-4-10-8(6)7(11)5-9;1-6-4-3-5-9-8(6)7(2)10;1-5-3-2-4-8-6(5)7;1-4(2,3)5;1-3-5-4-2;3*1-3-4-2;1-2(3)4;/h5-6,9,11,15H,7-8H2,1-4H3;5-7H,3-4H2,1-2H3;2-4,7,11H,5H2,1H3;2-4H,5H2,1H3;3-5H,1-2H3;2-4H,1H3;5H2,1-3H3;1,4H2,2H3;3*1,3-4H2,2H3;1H3,(H,3,4);/t11-;;7-;;;;;;;;;;/m0.0........../s1. The predicted octanol–water partition coefficient (Wildman–Crippen LogP) is 19.9. The molecular formula is C75H116Br3N7O8Sn. The number of aryl methyl sites for hydroxylation is 6. The van der Waals surface area contributed by atoms with Crippen LogP contribution in [0.1, 0.15) is 225 Å². The first-order valence-electron chi connectivity index (χ1n) is 32.4. The summed E-state index contributed by atoms with van der Waals surface area (Å²) in [6, 6.07) is 22.9. The molecule has 5 N–H and O–H groups in total. The number of carbonyl (C=O) groups is 3. The van der Waals surface area contributed by atoms with Crippen LogP contribution in [0.15, 0.2) is 132 Å². The molecule has 0 saturated carbocycles. The molecule has 2 atom stereocenters. The number of rotatable bonds is 23. The number of hydrogen-bond donors (Lipinski definition) is 4. The number of carboxylic acids is 1. The summed E-state index contributed by atoms with van der Waals surface area (Å²) < 4.78 is 17.7. The normalized spacial score (nSPS) is 11.0. The fourth-order valence-electron chi connectivity index (χ4n) is 8.32. The van der Waals surface area contributed by atoms with Gasteiger partial charge in [-0.15, -0.1) is 0 Å². The van der Waals surface area contributed by atoms with Crippen LogP contribution in [0.25, 0.3) is 5.76 Å². The quantitative estimate of drug-likeness (QED) is 0.0154. The molecule has 6 aromatic heterocycles. The molecule has 0 aliphatic rings. The minimum Gasteiger partial charge on any atom is -0.481 e. The molecule has 19 heteroatoms. The number of pyridine rings is 6. The summed E-state index contributed by atoms with van der Waals surface area (Å²) in [7, 11) is 0. The summed E-state index contributed by atoms with van der Waals surface area (Å²) in [5.74, 6) is -0.128. The maximum absolute atomic E-state index is 11.1. The van der Waals surface area contributed by atoms with Crippen molar-refractivity contribution >= 4 is 89.5 Å². The maximum Gasteiger partial charge on any atom is 0.300 e. The number of hydrogen-bond acceptors (Lipinski definition) is 14. The van der Waals surface area contributed by atoms with Crippen molar-refractivity contribution in [3.05, 3.63) is 193 Å². The van der Waals surface area contributed by atoms with Crippen LogP contribution in [-0.4, -0.2) is 111 Å². The van der Waals surface area contributed by atoms with Gasteiger partial charge >= 0.3 is 120 Å². The first-order valence-corrected chi connectivity index (χ1v) is 42.9. The summed E-state index contributed by atoms with van der Waals surface area (Å²) in [5.41, 5.74) is 15.4. The zero-order valence-corrected chi connectivity index (χ0v) is 68.0. The molecule has 15 nitrogen and oxygen atoms in total. The molecular weight excluding hydrogens is 1490 g/mol. The summed E-state index contributed by atoms with van der Waals surface area (Å²) >= 11 is 7.33. The zero-order chi connectivity index (χ0) is 72.5. The van der Waals surface area contributed by atoms with Crippen LogP contribution in [-0.2, 0) is 14.3 Å². The second kappa shape index (κ2) is 54.0. The van der Waals surface area contributed by atoms with E-state index in [4.69, 9.17) is 25.1 Å². The van der Waals surface area contributed by atoms with Crippen LogP contribution in [0.3, 0.4) is 0 Å². The van der Waals surface area contributed by atoms with Crippen molar-refractivity contribution in [3.8, 4) is 0 Å². The van der Waals surface area contributed by atoms with E-state index in [-0.39, 0.29) is 22.5 Å². The van der Waals surface area contributed by atoms with E-state index in [2.05, 4.69) is 139 Å². The number of ether oxygens (including phenoxy) is 2. The average molecular weight is 1600 g/mol. The Balaban J connectivity index is -0.00000101. The molecule has 0 radical (unpaired) electrons. The molecule has 0 spiro atoms. The molecule has 0 aromatic carbocycles. The van der Waals surface area contributed by atoms with E-state index in [9.17, 15) is 19.8 Å². The zero-order valence-electron chi connectivity index (χ0n) is 60.3. The van der Waals surface area contributed by atoms with Gasteiger partial charge in [-0.1, -0.05) is 95.6 Å². The van der Waals surface area contributed by atoms with Crippen molar-refractivity contribution in [2.45, 2.75) is 214 Å². The van der Waals surface area contributed by atoms with Crippen LogP contribution in [0.4, 0.5) is 0 Å². The fraction of sp³-hybridized carbons (Fsp3) is 0.507.